The van der Waals surface area contributed by atoms with Gasteiger partial charge in [-0.05, 0) is 26.2 Å². The minimum absolute atomic E-state index is 0.0248. The van der Waals surface area contributed by atoms with Gasteiger partial charge in [0, 0.05) is 12.6 Å². The van der Waals surface area contributed by atoms with Crippen molar-refractivity contribution < 1.29 is 4.74 Å². The second-order valence-electron chi connectivity index (χ2n) is 6.22. The first-order valence-electron chi connectivity index (χ1n) is 8.64. The summed E-state index contributed by atoms with van der Waals surface area (Å²) in [5, 5.41) is 0. The molecule has 2 N–H and O–H groups in total. The first kappa shape index (κ1) is 17.0. The van der Waals surface area contributed by atoms with E-state index in [-0.39, 0.29) is 11.6 Å². The lowest BCUT2D eigenvalue weighted by Gasteiger charge is -2.35. The number of hydrogen-bond acceptors (Lipinski definition) is 2. The third-order valence-corrected chi connectivity index (χ3v) is 4.68. The Hall–Kier alpha value is -0.0800. The smallest absolute Gasteiger partial charge is 0.0832 e. The highest BCUT2D eigenvalue weighted by Gasteiger charge is 2.39. The monoisotopic (exact) mass is 269 g/mol. The van der Waals surface area contributed by atoms with Crippen LogP contribution in [0.5, 0.6) is 0 Å². The Labute approximate surface area is 120 Å². The van der Waals surface area contributed by atoms with Gasteiger partial charge in [-0.2, -0.15) is 0 Å². The van der Waals surface area contributed by atoms with E-state index in [4.69, 9.17) is 10.5 Å². The minimum atomic E-state index is 0.0248. The van der Waals surface area contributed by atoms with Crippen LogP contribution < -0.4 is 5.73 Å². The van der Waals surface area contributed by atoms with Crippen LogP contribution in [0, 0.1) is 0 Å². The number of nitrogens with two attached hydrogens (primary N) is 1. The molecule has 114 valence electrons. The van der Waals surface area contributed by atoms with Gasteiger partial charge in [0.1, 0.15) is 0 Å². The van der Waals surface area contributed by atoms with E-state index in [9.17, 15) is 0 Å². The molecule has 0 aromatic carbocycles. The van der Waals surface area contributed by atoms with Crippen molar-refractivity contribution in [1.29, 1.82) is 0 Å². The molecule has 0 aromatic heterocycles. The van der Waals surface area contributed by atoms with Gasteiger partial charge in [-0.1, -0.05) is 64.7 Å². The van der Waals surface area contributed by atoms with Gasteiger partial charge in [-0.15, -0.1) is 0 Å². The molecular weight excluding hydrogens is 234 g/mol. The fourth-order valence-electron chi connectivity index (χ4n) is 3.47. The highest BCUT2D eigenvalue weighted by atomic mass is 16.5. The lowest BCUT2D eigenvalue weighted by atomic mass is 9.88. The average Bonchev–Trinajstić information content (AvgIpc) is 2.88. The maximum atomic E-state index is 6.44. The molecule has 0 saturated heterocycles. The van der Waals surface area contributed by atoms with Gasteiger partial charge in [0.15, 0.2) is 0 Å². The molecule has 0 radical (unpaired) electrons. The highest BCUT2D eigenvalue weighted by molar-refractivity contribution is 4.95. The van der Waals surface area contributed by atoms with Crippen molar-refractivity contribution in [3.63, 3.8) is 0 Å². The predicted molar refractivity (Wildman–Crippen MR) is 83.4 cm³/mol. The molecule has 0 bridgehead atoms. The topological polar surface area (TPSA) is 35.2 Å². The fourth-order valence-corrected chi connectivity index (χ4v) is 3.47. The summed E-state index contributed by atoms with van der Waals surface area (Å²) in [5.41, 5.74) is 6.46. The molecule has 1 fully saturated rings. The largest absolute Gasteiger partial charge is 0.374 e. The van der Waals surface area contributed by atoms with E-state index in [1.165, 1.54) is 70.6 Å². The lowest BCUT2D eigenvalue weighted by Crippen LogP contribution is -2.48. The molecule has 1 unspecified atom stereocenters. The van der Waals surface area contributed by atoms with Crippen LogP contribution in [0.1, 0.15) is 90.9 Å². The zero-order valence-corrected chi connectivity index (χ0v) is 13.3. The van der Waals surface area contributed by atoms with Gasteiger partial charge >= 0.3 is 0 Å². The standard InChI is InChI=1S/C17H35NO/c1-3-5-6-7-8-9-10-13-16(18)17(19-4-2)14-11-12-15-17/h16H,3-15,18H2,1-2H3. The Balaban J connectivity index is 2.13. The zero-order valence-electron chi connectivity index (χ0n) is 13.3. The van der Waals surface area contributed by atoms with Crippen LogP contribution in [0.25, 0.3) is 0 Å². The normalized spacial score (nSPS) is 19.7. The third-order valence-electron chi connectivity index (χ3n) is 4.68. The van der Waals surface area contributed by atoms with E-state index in [0.29, 0.717) is 0 Å². The number of rotatable bonds is 11. The Kier molecular flexibility index (Phi) is 8.72. The maximum absolute atomic E-state index is 6.44. The van der Waals surface area contributed by atoms with Gasteiger partial charge in [0.2, 0.25) is 0 Å². The van der Waals surface area contributed by atoms with E-state index in [1.807, 2.05) is 0 Å². The van der Waals surface area contributed by atoms with Crippen LogP contribution in [-0.4, -0.2) is 18.2 Å². The first-order chi connectivity index (χ1) is 9.25. The molecule has 0 aromatic rings. The van der Waals surface area contributed by atoms with Crippen LogP contribution in [0.15, 0.2) is 0 Å². The molecule has 19 heavy (non-hydrogen) atoms. The van der Waals surface area contributed by atoms with Crippen molar-refractivity contribution in [2.75, 3.05) is 6.61 Å². The van der Waals surface area contributed by atoms with Crippen LogP contribution in [0.4, 0.5) is 0 Å². The summed E-state index contributed by atoms with van der Waals surface area (Å²) in [7, 11) is 0. The van der Waals surface area contributed by atoms with E-state index < -0.39 is 0 Å². The molecule has 0 spiro atoms. The Morgan fingerprint density at radius 3 is 2.11 bits per heavy atom. The van der Waals surface area contributed by atoms with Crippen molar-refractivity contribution in [1.82, 2.24) is 0 Å². The van der Waals surface area contributed by atoms with Gasteiger partial charge in [-0.25, -0.2) is 0 Å². The molecular formula is C17H35NO. The Bertz CT molecular complexity index is 211. The van der Waals surface area contributed by atoms with Crippen molar-refractivity contribution in [2.45, 2.75) is 103 Å². The molecule has 0 amide bonds. The molecule has 0 aliphatic heterocycles. The quantitative estimate of drug-likeness (QED) is 0.547. The van der Waals surface area contributed by atoms with E-state index in [2.05, 4.69) is 13.8 Å². The lowest BCUT2D eigenvalue weighted by molar-refractivity contribution is -0.0546. The summed E-state index contributed by atoms with van der Waals surface area (Å²) < 4.78 is 6.04. The first-order valence-corrected chi connectivity index (χ1v) is 8.64. The number of ether oxygens (including phenoxy) is 1. The average molecular weight is 269 g/mol. The molecule has 1 aliphatic rings. The van der Waals surface area contributed by atoms with E-state index in [0.717, 1.165) is 13.0 Å². The summed E-state index contributed by atoms with van der Waals surface area (Å²) in [6.07, 6.45) is 15.6. The zero-order chi connectivity index (χ0) is 14.0. The van der Waals surface area contributed by atoms with Gasteiger partial charge in [0.25, 0.3) is 0 Å². The van der Waals surface area contributed by atoms with Crippen LogP contribution in [0.3, 0.4) is 0 Å². The molecule has 0 heterocycles. The molecule has 2 heteroatoms. The predicted octanol–water partition coefficient (Wildman–Crippen LogP) is 4.80. The summed E-state index contributed by atoms with van der Waals surface area (Å²) >= 11 is 0. The van der Waals surface area contributed by atoms with Gasteiger partial charge < -0.3 is 10.5 Å². The maximum Gasteiger partial charge on any atom is 0.0832 e. The van der Waals surface area contributed by atoms with Gasteiger partial charge in [0.05, 0.1) is 5.60 Å². The molecule has 1 aliphatic carbocycles. The molecule has 2 nitrogen and oxygen atoms in total. The molecule has 1 atom stereocenters. The minimum Gasteiger partial charge on any atom is -0.374 e. The second-order valence-corrected chi connectivity index (χ2v) is 6.22. The van der Waals surface area contributed by atoms with Crippen LogP contribution >= 0.6 is 0 Å². The van der Waals surface area contributed by atoms with Crippen molar-refractivity contribution in [3.05, 3.63) is 0 Å². The molecule has 1 saturated carbocycles. The Morgan fingerprint density at radius 2 is 1.53 bits per heavy atom. The summed E-state index contributed by atoms with van der Waals surface area (Å²) in [6, 6.07) is 0.255. The highest BCUT2D eigenvalue weighted by Crippen LogP contribution is 2.37. The van der Waals surface area contributed by atoms with Crippen molar-refractivity contribution >= 4 is 0 Å². The van der Waals surface area contributed by atoms with Crippen molar-refractivity contribution in [2.24, 2.45) is 5.73 Å². The second kappa shape index (κ2) is 9.77. The van der Waals surface area contributed by atoms with Gasteiger partial charge in [-0.3, -0.25) is 0 Å². The summed E-state index contributed by atoms with van der Waals surface area (Å²) in [4.78, 5) is 0. The van der Waals surface area contributed by atoms with Crippen LogP contribution in [-0.2, 0) is 4.74 Å². The molecule has 1 rings (SSSR count). The van der Waals surface area contributed by atoms with E-state index >= 15 is 0 Å². The van der Waals surface area contributed by atoms with E-state index in [1.54, 1.807) is 0 Å². The SMILES string of the molecule is CCCCCCCCCC(N)C1(OCC)CCCC1. The summed E-state index contributed by atoms with van der Waals surface area (Å²) in [6.45, 7) is 5.18. The summed E-state index contributed by atoms with van der Waals surface area (Å²) in [5.74, 6) is 0. The van der Waals surface area contributed by atoms with Crippen molar-refractivity contribution in [3.8, 4) is 0 Å². The van der Waals surface area contributed by atoms with Crippen LogP contribution in [0.2, 0.25) is 0 Å². The Morgan fingerprint density at radius 1 is 0.947 bits per heavy atom. The number of unbranched alkanes of at least 4 members (excludes halogenated alkanes) is 6. The third kappa shape index (κ3) is 5.83. The fraction of sp³-hybridized carbons (Fsp3) is 1.00. The number of hydrogen-bond donors (Lipinski definition) is 1.